The monoisotopic (exact) mass is 228 g/mol. The van der Waals surface area contributed by atoms with Crippen molar-refractivity contribution >= 4 is 5.91 Å². The normalized spacial score (nSPS) is 25.2. The molecule has 0 radical (unpaired) electrons. The van der Waals surface area contributed by atoms with Gasteiger partial charge in [-0.25, -0.2) is 0 Å². The van der Waals surface area contributed by atoms with Crippen LogP contribution in [0.5, 0.6) is 0 Å². The van der Waals surface area contributed by atoms with E-state index in [1.165, 1.54) is 0 Å². The lowest BCUT2D eigenvalue weighted by Crippen LogP contribution is -2.46. The molecule has 4 nitrogen and oxygen atoms in total. The zero-order valence-electron chi connectivity index (χ0n) is 10.8. The van der Waals surface area contributed by atoms with Crippen LogP contribution >= 0.6 is 0 Å². The van der Waals surface area contributed by atoms with Crippen molar-refractivity contribution < 1.29 is 9.90 Å². The molecule has 0 spiro atoms. The summed E-state index contributed by atoms with van der Waals surface area (Å²) in [6.45, 7) is 8.99. The van der Waals surface area contributed by atoms with Gasteiger partial charge in [0.2, 0.25) is 5.91 Å². The molecule has 0 aromatic carbocycles. The molecule has 0 aromatic rings. The molecule has 4 heteroatoms. The minimum absolute atomic E-state index is 0.0624. The largest absolute Gasteiger partial charge is 0.388 e. The van der Waals surface area contributed by atoms with Crippen molar-refractivity contribution in [1.29, 1.82) is 0 Å². The predicted octanol–water partition coefficient (Wildman–Crippen LogP) is 0.746. The van der Waals surface area contributed by atoms with Crippen LogP contribution in [0.1, 0.15) is 40.5 Å². The van der Waals surface area contributed by atoms with Gasteiger partial charge in [0.25, 0.3) is 0 Å². The van der Waals surface area contributed by atoms with Gasteiger partial charge in [0.05, 0.1) is 11.6 Å². The molecule has 2 unspecified atom stereocenters. The van der Waals surface area contributed by atoms with E-state index in [4.69, 9.17) is 0 Å². The van der Waals surface area contributed by atoms with Gasteiger partial charge in [0.1, 0.15) is 0 Å². The fourth-order valence-corrected chi connectivity index (χ4v) is 1.98. The molecule has 94 valence electrons. The summed E-state index contributed by atoms with van der Waals surface area (Å²) in [6.07, 6.45) is 1.51. The van der Waals surface area contributed by atoms with Crippen LogP contribution in [-0.4, -0.2) is 46.7 Å². The third-order valence-corrected chi connectivity index (χ3v) is 3.13. The van der Waals surface area contributed by atoms with Crippen LogP contribution in [-0.2, 0) is 4.79 Å². The van der Waals surface area contributed by atoms with Crippen molar-refractivity contribution in [3.63, 3.8) is 0 Å². The number of rotatable bonds is 5. The highest BCUT2D eigenvalue weighted by Gasteiger charge is 2.35. The predicted molar refractivity (Wildman–Crippen MR) is 64.2 cm³/mol. The van der Waals surface area contributed by atoms with Gasteiger partial charge in [-0.1, -0.05) is 20.8 Å². The Morgan fingerprint density at radius 2 is 2.25 bits per heavy atom. The summed E-state index contributed by atoms with van der Waals surface area (Å²) >= 11 is 0. The number of β-amino-alcohol motifs (C(OH)–C–C–N with tert-alkyl or cyclic N) is 1. The van der Waals surface area contributed by atoms with Crippen LogP contribution in [0.3, 0.4) is 0 Å². The fraction of sp³-hybridized carbons (Fsp3) is 0.917. The van der Waals surface area contributed by atoms with Crippen molar-refractivity contribution in [2.24, 2.45) is 0 Å². The standard InChI is InChI=1S/C12H24N2O2/c1-5-12(4,16)8-14-7-6-10(11(14)15)13-9(2)3/h9-10,13,16H,5-8H2,1-4H3. The van der Waals surface area contributed by atoms with E-state index in [-0.39, 0.29) is 11.9 Å². The molecule has 2 atom stereocenters. The molecule has 1 heterocycles. The molecule has 1 fully saturated rings. The quantitative estimate of drug-likeness (QED) is 0.730. The number of nitrogens with one attached hydrogen (secondary N) is 1. The van der Waals surface area contributed by atoms with E-state index in [0.29, 0.717) is 19.0 Å². The van der Waals surface area contributed by atoms with Crippen LogP contribution in [0.2, 0.25) is 0 Å². The summed E-state index contributed by atoms with van der Waals surface area (Å²) in [5, 5.41) is 13.2. The van der Waals surface area contributed by atoms with Crippen LogP contribution < -0.4 is 5.32 Å². The average Bonchev–Trinajstić information content (AvgIpc) is 2.49. The lowest BCUT2D eigenvalue weighted by atomic mass is 10.0. The molecule has 1 saturated heterocycles. The van der Waals surface area contributed by atoms with E-state index >= 15 is 0 Å². The second-order valence-electron chi connectivity index (χ2n) is 5.27. The highest BCUT2D eigenvalue weighted by molar-refractivity contribution is 5.84. The van der Waals surface area contributed by atoms with E-state index in [1.807, 2.05) is 20.8 Å². The van der Waals surface area contributed by atoms with E-state index < -0.39 is 5.60 Å². The number of amides is 1. The maximum Gasteiger partial charge on any atom is 0.239 e. The second kappa shape index (κ2) is 5.15. The Balaban J connectivity index is 2.51. The van der Waals surface area contributed by atoms with Crippen LogP contribution in [0.25, 0.3) is 0 Å². The van der Waals surface area contributed by atoms with Crippen LogP contribution in [0.4, 0.5) is 0 Å². The lowest BCUT2D eigenvalue weighted by Gasteiger charge is -2.28. The molecule has 0 aliphatic carbocycles. The molecule has 0 aromatic heterocycles. The summed E-state index contributed by atoms with van der Waals surface area (Å²) in [4.78, 5) is 13.8. The first-order valence-electron chi connectivity index (χ1n) is 6.13. The minimum atomic E-state index is -0.762. The molecule has 2 N–H and O–H groups in total. The molecule has 1 amide bonds. The van der Waals surface area contributed by atoms with E-state index in [2.05, 4.69) is 5.32 Å². The Morgan fingerprint density at radius 1 is 1.62 bits per heavy atom. The lowest BCUT2D eigenvalue weighted by molar-refractivity contribution is -0.132. The van der Waals surface area contributed by atoms with Crippen LogP contribution in [0, 0.1) is 0 Å². The Kier molecular flexibility index (Phi) is 4.33. The fourth-order valence-electron chi connectivity index (χ4n) is 1.98. The minimum Gasteiger partial charge on any atom is -0.388 e. The van der Waals surface area contributed by atoms with Crippen molar-refractivity contribution in [1.82, 2.24) is 10.2 Å². The summed E-state index contributed by atoms with van der Waals surface area (Å²) in [6, 6.07) is 0.258. The van der Waals surface area contributed by atoms with Crippen molar-refractivity contribution in [3.8, 4) is 0 Å². The van der Waals surface area contributed by atoms with Gasteiger partial charge < -0.3 is 15.3 Å². The first-order valence-corrected chi connectivity index (χ1v) is 6.13. The van der Waals surface area contributed by atoms with Gasteiger partial charge >= 0.3 is 0 Å². The Bertz CT molecular complexity index is 251. The first-order chi connectivity index (χ1) is 7.35. The molecule has 1 aliphatic heterocycles. The molecular formula is C12H24N2O2. The van der Waals surface area contributed by atoms with Crippen LogP contribution in [0.15, 0.2) is 0 Å². The zero-order valence-corrected chi connectivity index (χ0v) is 10.8. The number of aliphatic hydroxyl groups is 1. The van der Waals surface area contributed by atoms with Gasteiger partial charge in [-0.15, -0.1) is 0 Å². The maximum absolute atomic E-state index is 12.0. The van der Waals surface area contributed by atoms with Gasteiger partial charge in [0, 0.05) is 19.1 Å². The van der Waals surface area contributed by atoms with E-state index in [9.17, 15) is 9.90 Å². The summed E-state index contributed by atoms with van der Waals surface area (Å²) in [5.41, 5.74) is -0.762. The van der Waals surface area contributed by atoms with Gasteiger partial charge in [-0.3, -0.25) is 4.79 Å². The number of carbonyl (C=O) groups is 1. The smallest absolute Gasteiger partial charge is 0.239 e. The molecule has 16 heavy (non-hydrogen) atoms. The topological polar surface area (TPSA) is 52.6 Å². The highest BCUT2D eigenvalue weighted by Crippen LogP contribution is 2.17. The summed E-state index contributed by atoms with van der Waals surface area (Å²) in [7, 11) is 0. The number of hydrogen-bond donors (Lipinski definition) is 2. The molecule has 0 saturated carbocycles. The first kappa shape index (κ1) is 13.5. The van der Waals surface area contributed by atoms with Gasteiger partial charge in [-0.2, -0.15) is 0 Å². The van der Waals surface area contributed by atoms with E-state index in [0.717, 1.165) is 13.0 Å². The third kappa shape index (κ3) is 3.46. The van der Waals surface area contributed by atoms with Crippen molar-refractivity contribution in [2.75, 3.05) is 13.1 Å². The third-order valence-electron chi connectivity index (χ3n) is 3.13. The Hall–Kier alpha value is -0.610. The number of likely N-dealkylation sites (tertiary alicyclic amines) is 1. The second-order valence-corrected chi connectivity index (χ2v) is 5.27. The van der Waals surface area contributed by atoms with E-state index in [1.54, 1.807) is 11.8 Å². The molecule has 0 bridgehead atoms. The van der Waals surface area contributed by atoms with Gasteiger partial charge in [0.15, 0.2) is 0 Å². The van der Waals surface area contributed by atoms with Crippen molar-refractivity contribution in [3.05, 3.63) is 0 Å². The van der Waals surface area contributed by atoms with Crippen molar-refractivity contribution in [2.45, 2.75) is 58.2 Å². The highest BCUT2D eigenvalue weighted by atomic mass is 16.3. The Morgan fingerprint density at radius 3 is 2.75 bits per heavy atom. The zero-order chi connectivity index (χ0) is 12.3. The summed E-state index contributed by atoms with van der Waals surface area (Å²) in [5.74, 6) is 0.127. The molecule has 1 aliphatic rings. The maximum atomic E-state index is 12.0. The summed E-state index contributed by atoms with van der Waals surface area (Å²) < 4.78 is 0. The number of hydrogen-bond acceptors (Lipinski definition) is 3. The average molecular weight is 228 g/mol. The van der Waals surface area contributed by atoms with Gasteiger partial charge in [-0.05, 0) is 19.8 Å². The molecular weight excluding hydrogens is 204 g/mol. The Labute approximate surface area is 98.0 Å². The number of carbonyl (C=O) groups excluding carboxylic acids is 1. The number of nitrogens with zero attached hydrogens (tertiary/aromatic N) is 1. The SMILES string of the molecule is CCC(C)(O)CN1CCC(NC(C)C)C1=O. The molecule has 1 rings (SSSR count).